The summed E-state index contributed by atoms with van der Waals surface area (Å²) in [5, 5.41) is -1.36. The maximum absolute atomic E-state index is 11.6. The second-order valence-electron chi connectivity index (χ2n) is 3.93. The lowest BCUT2D eigenvalue weighted by atomic mass is 9.91. The van der Waals surface area contributed by atoms with Crippen LogP contribution in [0.15, 0.2) is 12.2 Å². The molecular weight excluding hydrogens is 211 g/mol. The van der Waals surface area contributed by atoms with Crippen LogP contribution in [0.3, 0.4) is 0 Å². The fraction of sp³-hybridized carbons (Fsp3) is 0.667. The highest BCUT2D eigenvalue weighted by molar-refractivity contribution is 6.42. The van der Waals surface area contributed by atoms with Crippen molar-refractivity contribution in [2.45, 2.75) is 35.8 Å². The van der Waals surface area contributed by atoms with Gasteiger partial charge in [0, 0.05) is 0 Å². The summed E-state index contributed by atoms with van der Waals surface area (Å²) in [5.41, 5.74) is -1.36. The van der Waals surface area contributed by atoms with Crippen molar-refractivity contribution in [3.05, 3.63) is 12.2 Å². The van der Waals surface area contributed by atoms with E-state index < -0.39 is 22.0 Å². The van der Waals surface area contributed by atoms with Gasteiger partial charge in [0.25, 0.3) is 0 Å². The van der Waals surface area contributed by atoms with Gasteiger partial charge in [0.2, 0.25) is 0 Å². The number of ether oxygens (including phenoxy) is 1. The van der Waals surface area contributed by atoms with Gasteiger partial charge in [0.15, 0.2) is 5.78 Å². The molecule has 0 N–H and O–H groups in total. The van der Waals surface area contributed by atoms with E-state index in [1.807, 2.05) is 12.2 Å². The predicted octanol–water partition coefficient (Wildman–Crippen LogP) is 1.89. The molecule has 13 heavy (non-hydrogen) atoms. The van der Waals surface area contributed by atoms with Gasteiger partial charge < -0.3 is 4.74 Å². The molecule has 2 aliphatic heterocycles. The molecule has 2 aliphatic rings. The summed E-state index contributed by atoms with van der Waals surface area (Å²) < 4.78 is 5.67. The van der Waals surface area contributed by atoms with E-state index >= 15 is 0 Å². The molecule has 0 saturated carbocycles. The molecule has 0 radical (unpaired) electrons. The number of carbonyl (C=O) groups excluding carboxylic acids is 1. The minimum Gasteiger partial charge on any atom is -0.357 e. The van der Waals surface area contributed by atoms with Crippen LogP contribution in [0, 0.1) is 0 Å². The SMILES string of the molecule is C[C@]12C=C[C@](C)(O1)[C@H](Cl)C(=O)[C@H]2Cl. The highest BCUT2D eigenvalue weighted by atomic mass is 35.5. The van der Waals surface area contributed by atoms with Crippen LogP contribution in [-0.2, 0) is 9.53 Å². The third-order valence-corrected chi connectivity index (χ3v) is 3.99. The highest BCUT2D eigenvalue weighted by Crippen LogP contribution is 2.45. The molecule has 0 aliphatic carbocycles. The predicted molar refractivity (Wildman–Crippen MR) is 51.3 cm³/mol. The second kappa shape index (κ2) is 2.50. The first-order chi connectivity index (χ1) is 5.89. The van der Waals surface area contributed by atoms with E-state index in [1.54, 1.807) is 13.8 Å². The highest BCUT2D eigenvalue weighted by Gasteiger charge is 2.57. The molecule has 1 saturated heterocycles. The fourth-order valence-corrected chi connectivity index (χ4v) is 2.39. The lowest BCUT2D eigenvalue weighted by Crippen LogP contribution is -2.57. The Hall–Kier alpha value is -0.0500. The molecule has 1 fully saturated rings. The Morgan fingerprint density at radius 1 is 1.23 bits per heavy atom. The van der Waals surface area contributed by atoms with Crippen molar-refractivity contribution in [2.24, 2.45) is 0 Å². The summed E-state index contributed by atoms with van der Waals surface area (Å²) >= 11 is 11.9. The Morgan fingerprint density at radius 3 is 2.00 bits per heavy atom. The van der Waals surface area contributed by atoms with Crippen LogP contribution in [-0.4, -0.2) is 27.7 Å². The smallest absolute Gasteiger partial charge is 0.174 e. The maximum Gasteiger partial charge on any atom is 0.174 e. The van der Waals surface area contributed by atoms with Crippen molar-refractivity contribution in [1.29, 1.82) is 0 Å². The van der Waals surface area contributed by atoms with E-state index in [4.69, 9.17) is 27.9 Å². The van der Waals surface area contributed by atoms with Crippen molar-refractivity contribution in [3.8, 4) is 0 Å². The molecule has 2 rings (SSSR count). The summed E-state index contributed by atoms with van der Waals surface area (Å²) in [6.07, 6.45) is 3.65. The average Bonchev–Trinajstić information content (AvgIpc) is 2.38. The van der Waals surface area contributed by atoms with Gasteiger partial charge in [-0.2, -0.15) is 0 Å². The van der Waals surface area contributed by atoms with Gasteiger partial charge in [-0.3, -0.25) is 4.79 Å². The van der Waals surface area contributed by atoms with Crippen LogP contribution in [0.5, 0.6) is 0 Å². The minimum atomic E-state index is -0.682. The van der Waals surface area contributed by atoms with Crippen molar-refractivity contribution in [3.63, 3.8) is 0 Å². The van der Waals surface area contributed by atoms with Crippen LogP contribution < -0.4 is 0 Å². The van der Waals surface area contributed by atoms with Crippen molar-refractivity contribution in [1.82, 2.24) is 0 Å². The number of halogens is 2. The first-order valence-electron chi connectivity index (χ1n) is 4.11. The van der Waals surface area contributed by atoms with Gasteiger partial charge in [-0.05, 0) is 13.8 Å². The Balaban J connectivity index is 2.46. The quantitative estimate of drug-likeness (QED) is 0.461. The lowest BCUT2D eigenvalue weighted by Gasteiger charge is -2.41. The van der Waals surface area contributed by atoms with Gasteiger partial charge in [-0.1, -0.05) is 12.2 Å². The topological polar surface area (TPSA) is 26.3 Å². The monoisotopic (exact) mass is 220 g/mol. The zero-order valence-corrected chi connectivity index (χ0v) is 8.89. The van der Waals surface area contributed by atoms with Crippen LogP contribution in [0.2, 0.25) is 0 Å². The molecule has 0 aromatic rings. The Labute approximate surface area is 86.8 Å². The molecule has 2 bridgehead atoms. The van der Waals surface area contributed by atoms with Crippen LogP contribution >= 0.6 is 23.2 Å². The number of fused-ring (bicyclic) bond motifs is 2. The maximum atomic E-state index is 11.6. The summed E-state index contributed by atoms with van der Waals surface area (Å²) in [4.78, 5) is 11.6. The number of rotatable bonds is 0. The van der Waals surface area contributed by atoms with E-state index in [0.29, 0.717) is 0 Å². The van der Waals surface area contributed by atoms with Gasteiger partial charge >= 0.3 is 0 Å². The van der Waals surface area contributed by atoms with E-state index in [2.05, 4.69) is 0 Å². The van der Waals surface area contributed by atoms with Crippen molar-refractivity contribution in [2.75, 3.05) is 0 Å². The van der Waals surface area contributed by atoms with Crippen LogP contribution in [0.1, 0.15) is 13.8 Å². The summed E-state index contributed by atoms with van der Waals surface area (Å²) in [6.45, 7) is 3.60. The second-order valence-corrected chi connectivity index (χ2v) is 4.80. The number of Topliss-reactive ketones (excluding diaryl/α,β-unsaturated/α-hetero) is 1. The average molecular weight is 221 g/mol. The fourth-order valence-electron chi connectivity index (χ4n) is 1.84. The minimum absolute atomic E-state index is 0.149. The molecule has 0 aromatic heterocycles. The number of alkyl halides is 2. The molecule has 0 aromatic carbocycles. The normalized spacial score (nSPS) is 54.3. The van der Waals surface area contributed by atoms with Crippen LogP contribution in [0.25, 0.3) is 0 Å². The molecule has 2 heterocycles. The summed E-state index contributed by atoms with van der Waals surface area (Å²) in [7, 11) is 0. The van der Waals surface area contributed by atoms with Gasteiger partial charge in [0.1, 0.15) is 22.0 Å². The van der Waals surface area contributed by atoms with Crippen molar-refractivity contribution < 1.29 is 9.53 Å². The van der Waals surface area contributed by atoms with Gasteiger partial charge in [0.05, 0.1) is 0 Å². The molecule has 0 amide bonds. The number of hydrogen-bond donors (Lipinski definition) is 0. The summed E-state index contributed by atoms with van der Waals surface area (Å²) in [6, 6.07) is 0. The zero-order valence-electron chi connectivity index (χ0n) is 7.38. The molecular formula is C9H10Cl2O2. The molecule has 0 spiro atoms. The van der Waals surface area contributed by atoms with Crippen LogP contribution in [0.4, 0.5) is 0 Å². The van der Waals surface area contributed by atoms with E-state index in [0.717, 1.165) is 0 Å². The van der Waals surface area contributed by atoms with Crippen molar-refractivity contribution >= 4 is 29.0 Å². The van der Waals surface area contributed by atoms with E-state index in [1.165, 1.54) is 0 Å². The molecule has 4 heteroatoms. The van der Waals surface area contributed by atoms with E-state index in [-0.39, 0.29) is 5.78 Å². The third-order valence-electron chi connectivity index (χ3n) is 2.69. The van der Waals surface area contributed by atoms with Gasteiger partial charge in [-0.15, -0.1) is 23.2 Å². The Kier molecular flexibility index (Phi) is 1.83. The third kappa shape index (κ3) is 1.09. The largest absolute Gasteiger partial charge is 0.357 e. The lowest BCUT2D eigenvalue weighted by molar-refractivity contribution is -0.145. The Morgan fingerprint density at radius 2 is 1.62 bits per heavy atom. The van der Waals surface area contributed by atoms with E-state index in [9.17, 15) is 4.79 Å². The Bertz CT molecular complexity index is 276. The standard InChI is InChI=1S/C9H10Cl2O2/c1-8-3-4-9(2,13-8)7(11)5(12)6(8)10/h3-4,6-7H,1-2H3/t6-,7-,8-,9+/m1/s1. The number of carbonyl (C=O) groups is 1. The number of ketones is 1. The van der Waals surface area contributed by atoms with Gasteiger partial charge in [-0.25, -0.2) is 0 Å². The first kappa shape index (κ1) is 9.50. The molecule has 2 nitrogen and oxygen atoms in total. The molecule has 72 valence electrons. The first-order valence-corrected chi connectivity index (χ1v) is 4.99. The zero-order chi connectivity index (χ0) is 9.85. The summed E-state index contributed by atoms with van der Waals surface area (Å²) in [5.74, 6) is -0.149. The molecule has 0 unspecified atom stereocenters. The molecule has 4 atom stereocenters. The number of hydrogen-bond acceptors (Lipinski definition) is 2.